The molecule has 120 valence electrons. The molecule has 8 heteroatoms. The first-order valence-electron chi connectivity index (χ1n) is 7.03. The van der Waals surface area contributed by atoms with E-state index in [9.17, 15) is 9.59 Å². The van der Waals surface area contributed by atoms with Crippen molar-refractivity contribution in [1.29, 1.82) is 0 Å². The highest BCUT2D eigenvalue weighted by Crippen LogP contribution is 2.31. The number of aryl methyl sites for hydroxylation is 1. The second-order valence-corrected chi connectivity index (χ2v) is 5.48. The number of nitrogens with one attached hydrogen (secondary N) is 2. The Hall–Kier alpha value is -2.54. The lowest BCUT2D eigenvalue weighted by molar-refractivity contribution is 0.0616. The van der Waals surface area contributed by atoms with Crippen molar-refractivity contribution in [2.45, 2.75) is 19.4 Å². The third kappa shape index (κ3) is 3.14. The standard InChI is InChI=1S/C15H14ClN3O4/c1-8-12-13(19-23-8)11(6-7-17-12)18-15(21)22-14(20)9-4-2-3-5-10(9)16/h2-5,11,17H,6-7H2,1H3,(H,18,21). The van der Waals surface area contributed by atoms with Crippen molar-refractivity contribution >= 4 is 29.4 Å². The minimum Gasteiger partial charge on any atom is -0.380 e. The number of halogens is 1. The molecular formula is C15H14ClN3O4. The maximum absolute atomic E-state index is 12.0. The van der Waals surface area contributed by atoms with E-state index in [0.717, 1.165) is 5.69 Å². The summed E-state index contributed by atoms with van der Waals surface area (Å²) in [5.74, 6) is -0.161. The molecule has 0 saturated heterocycles. The molecule has 0 spiro atoms. The Morgan fingerprint density at radius 2 is 2.22 bits per heavy atom. The summed E-state index contributed by atoms with van der Waals surface area (Å²) >= 11 is 5.90. The lowest BCUT2D eigenvalue weighted by Gasteiger charge is -2.22. The number of rotatable bonds is 2. The Morgan fingerprint density at radius 1 is 1.43 bits per heavy atom. The minimum absolute atomic E-state index is 0.132. The van der Waals surface area contributed by atoms with E-state index in [1.165, 1.54) is 6.07 Å². The van der Waals surface area contributed by atoms with E-state index >= 15 is 0 Å². The molecule has 0 radical (unpaired) electrons. The zero-order chi connectivity index (χ0) is 16.4. The number of hydrogen-bond donors (Lipinski definition) is 2. The molecule has 1 unspecified atom stereocenters. The summed E-state index contributed by atoms with van der Waals surface area (Å²) < 4.78 is 9.90. The van der Waals surface area contributed by atoms with E-state index < -0.39 is 12.1 Å². The van der Waals surface area contributed by atoms with Crippen LogP contribution in [0.4, 0.5) is 10.5 Å². The summed E-state index contributed by atoms with van der Waals surface area (Å²) in [6.45, 7) is 2.43. The SMILES string of the molecule is Cc1onc2c1NCCC2NC(=O)OC(=O)c1ccccc1Cl. The lowest BCUT2D eigenvalue weighted by Crippen LogP contribution is -2.34. The highest BCUT2D eigenvalue weighted by molar-refractivity contribution is 6.33. The maximum Gasteiger partial charge on any atom is 0.415 e. The molecule has 2 N–H and O–H groups in total. The fourth-order valence-electron chi connectivity index (χ4n) is 2.40. The molecule has 0 fully saturated rings. The summed E-state index contributed by atoms with van der Waals surface area (Å²) in [5, 5.41) is 9.93. The number of fused-ring (bicyclic) bond motifs is 1. The van der Waals surface area contributed by atoms with E-state index in [2.05, 4.69) is 15.8 Å². The average Bonchev–Trinajstić information content (AvgIpc) is 2.90. The zero-order valence-electron chi connectivity index (χ0n) is 12.3. The van der Waals surface area contributed by atoms with Crippen LogP contribution < -0.4 is 10.6 Å². The Bertz CT molecular complexity index is 759. The Balaban J connectivity index is 1.67. The molecule has 0 bridgehead atoms. The van der Waals surface area contributed by atoms with Crippen LogP contribution in [-0.4, -0.2) is 23.8 Å². The molecule has 1 amide bonds. The van der Waals surface area contributed by atoms with Crippen LogP contribution in [0.3, 0.4) is 0 Å². The van der Waals surface area contributed by atoms with Gasteiger partial charge in [0.1, 0.15) is 11.4 Å². The van der Waals surface area contributed by atoms with E-state index in [4.69, 9.17) is 20.9 Å². The number of carbonyl (C=O) groups excluding carboxylic acids is 2. The normalized spacial score (nSPS) is 16.2. The number of amides is 1. The second-order valence-electron chi connectivity index (χ2n) is 5.07. The molecule has 2 aromatic rings. The van der Waals surface area contributed by atoms with Crippen LogP contribution in [0, 0.1) is 6.92 Å². The fourth-order valence-corrected chi connectivity index (χ4v) is 2.61. The van der Waals surface area contributed by atoms with Crippen molar-refractivity contribution in [2.75, 3.05) is 11.9 Å². The van der Waals surface area contributed by atoms with Crippen molar-refractivity contribution in [3.63, 3.8) is 0 Å². The molecule has 7 nitrogen and oxygen atoms in total. The summed E-state index contributed by atoms with van der Waals surface area (Å²) in [4.78, 5) is 23.9. The number of hydrogen-bond acceptors (Lipinski definition) is 6. The van der Waals surface area contributed by atoms with Gasteiger partial charge in [-0.1, -0.05) is 28.9 Å². The number of anilines is 1. The predicted octanol–water partition coefficient (Wildman–Crippen LogP) is 3.06. The topological polar surface area (TPSA) is 93.5 Å². The largest absolute Gasteiger partial charge is 0.415 e. The van der Waals surface area contributed by atoms with Gasteiger partial charge in [-0.05, 0) is 25.5 Å². The summed E-state index contributed by atoms with van der Waals surface area (Å²) in [5.41, 5.74) is 1.49. The van der Waals surface area contributed by atoms with Gasteiger partial charge in [-0.15, -0.1) is 0 Å². The monoisotopic (exact) mass is 335 g/mol. The Labute approximate surface area is 136 Å². The number of esters is 1. The predicted molar refractivity (Wildman–Crippen MR) is 82.5 cm³/mol. The van der Waals surface area contributed by atoms with Gasteiger partial charge in [-0.25, -0.2) is 9.59 Å². The van der Waals surface area contributed by atoms with Gasteiger partial charge in [0.05, 0.1) is 16.6 Å². The molecule has 3 rings (SSSR count). The zero-order valence-corrected chi connectivity index (χ0v) is 13.0. The molecule has 23 heavy (non-hydrogen) atoms. The first kappa shape index (κ1) is 15.4. The van der Waals surface area contributed by atoms with E-state index in [1.807, 2.05) is 0 Å². The average molecular weight is 336 g/mol. The summed E-state index contributed by atoms with van der Waals surface area (Å²) in [6.07, 6.45) is -0.248. The van der Waals surface area contributed by atoms with Crippen LogP contribution in [0.15, 0.2) is 28.8 Å². The summed E-state index contributed by atoms with van der Waals surface area (Å²) in [6, 6.07) is 5.98. The van der Waals surface area contributed by atoms with Gasteiger partial charge in [-0.3, -0.25) is 0 Å². The first-order chi connectivity index (χ1) is 11.1. The highest BCUT2D eigenvalue weighted by Gasteiger charge is 2.28. The van der Waals surface area contributed by atoms with Crippen LogP contribution in [0.5, 0.6) is 0 Å². The second kappa shape index (κ2) is 6.29. The number of ether oxygens (including phenoxy) is 1. The third-order valence-corrected chi connectivity index (χ3v) is 3.85. The van der Waals surface area contributed by atoms with Gasteiger partial charge in [0.2, 0.25) is 0 Å². The van der Waals surface area contributed by atoms with Gasteiger partial charge in [0.15, 0.2) is 5.76 Å². The molecule has 0 aliphatic carbocycles. The van der Waals surface area contributed by atoms with Gasteiger partial charge in [-0.2, -0.15) is 0 Å². The Morgan fingerprint density at radius 3 is 3.00 bits per heavy atom. The van der Waals surface area contributed by atoms with Crippen LogP contribution in [0.25, 0.3) is 0 Å². The summed E-state index contributed by atoms with van der Waals surface area (Å²) in [7, 11) is 0. The quantitative estimate of drug-likeness (QED) is 0.647. The van der Waals surface area contributed by atoms with Crippen LogP contribution in [0.1, 0.15) is 34.3 Å². The maximum atomic E-state index is 12.0. The van der Waals surface area contributed by atoms with E-state index in [-0.39, 0.29) is 16.6 Å². The molecule has 2 heterocycles. The first-order valence-corrected chi connectivity index (χ1v) is 7.41. The number of carbonyl (C=O) groups is 2. The lowest BCUT2D eigenvalue weighted by atomic mass is 10.0. The number of alkyl carbamates (subject to hydrolysis) is 1. The minimum atomic E-state index is -0.853. The highest BCUT2D eigenvalue weighted by atomic mass is 35.5. The van der Waals surface area contributed by atoms with Crippen LogP contribution in [-0.2, 0) is 4.74 Å². The van der Waals surface area contributed by atoms with E-state index in [0.29, 0.717) is 24.4 Å². The van der Waals surface area contributed by atoms with Crippen molar-refractivity contribution in [1.82, 2.24) is 10.5 Å². The van der Waals surface area contributed by atoms with E-state index in [1.54, 1.807) is 25.1 Å². The molecular weight excluding hydrogens is 322 g/mol. The molecule has 0 saturated carbocycles. The molecule has 1 aliphatic rings. The smallest absolute Gasteiger partial charge is 0.380 e. The van der Waals surface area contributed by atoms with Crippen molar-refractivity contribution in [2.24, 2.45) is 0 Å². The Kier molecular flexibility index (Phi) is 4.20. The van der Waals surface area contributed by atoms with Gasteiger partial charge in [0, 0.05) is 6.54 Å². The van der Waals surface area contributed by atoms with Crippen LogP contribution in [0.2, 0.25) is 5.02 Å². The molecule has 1 aromatic heterocycles. The van der Waals surface area contributed by atoms with Crippen molar-refractivity contribution in [3.8, 4) is 0 Å². The van der Waals surface area contributed by atoms with Gasteiger partial charge >= 0.3 is 12.1 Å². The van der Waals surface area contributed by atoms with Crippen molar-refractivity contribution in [3.05, 3.63) is 46.3 Å². The number of nitrogens with zero attached hydrogens (tertiary/aromatic N) is 1. The third-order valence-electron chi connectivity index (χ3n) is 3.53. The number of benzene rings is 1. The van der Waals surface area contributed by atoms with Gasteiger partial charge < -0.3 is 19.9 Å². The fraction of sp³-hybridized carbons (Fsp3) is 0.267. The van der Waals surface area contributed by atoms with Crippen molar-refractivity contribution < 1.29 is 18.8 Å². The number of aromatic nitrogens is 1. The van der Waals surface area contributed by atoms with Gasteiger partial charge in [0.25, 0.3) is 0 Å². The molecule has 1 atom stereocenters. The molecule has 1 aromatic carbocycles. The van der Waals surface area contributed by atoms with Crippen LogP contribution >= 0.6 is 11.6 Å². The molecule has 1 aliphatic heterocycles.